The van der Waals surface area contributed by atoms with Gasteiger partial charge in [0.1, 0.15) is 5.75 Å². The summed E-state index contributed by atoms with van der Waals surface area (Å²) in [5, 5.41) is 21.8. The molecule has 1 aromatic carbocycles. The summed E-state index contributed by atoms with van der Waals surface area (Å²) in [5.74, 6) is -0.987. The van der Waals surface area contributed by atoms with Gasteiger partial charge in [-0.25, -0.2) is 5.43 Å². The van der Waals surface area contributed by atoms with Crippen molar-refractivity contribution >= 4 is 34.0 Å². The first kappa shape index (κ1) is 17.2. The smallest absolute Gasteiger partial charge is 0.303 e. The largest absolute Gasteiger partial charge is 0.507 e. The number of phenols is 1. The predicted octanol–water partition coefficient (Wildman–Crippen LogP) is 2.64. The van der Waals surface area contributed by atoms with Gasteiger partial charge in [0.25, 0.3) is 0 Å². The molecular formula is C14H17BrN2O4. The number of halogens is 1. The number of hydrazone groups is 1. The van der Waals surface area contributed by atoms with E-state index in [0.29, 0.717) is 31.2 Å². The molecule has 0 bridgehead atoms. The van der Waals surface area contributed by atoms with Gasteiger partial charge in [0.2, 0.25) is 5.91 Å². The molecule has 3 N–H and O–H groups in total. The third-order valence-electron chi connectivity index (χ3n) is 2.68. The number of hydrogen-bond acceptors (Lipinski definition) is 4. The molecule has 0 aromatic heterocycles. The highest BCUT2D eigenvalue weighted by atomic mass is 79.9. The number of aromatic hydroxyl groups is 1. The highest BCUT2D eigenvalue weighted by molar-refractivity contribution is 9.10. The normalized spacial score (nSPS) is 10.7. The molecule has 1 amide bonds. The number of carboxylic acids is 1. The van der Waals surface area contributed by atoms with Gasteiger partial charge in [-0.2, -0.15) is 5.10 Å². The Kier molecular flexibility index (Phi) is 7.45. The van der Waals surface area contributed by atoms with E-state index >= 15 is 0 Å². The first-order valence-electron chi connectivity index (χ1n) is 6.51. The van der Waals surface area contributed by atoms with Crippen molar-refractivity contribution in [1.82, 2.24) is 5.43 Å². The van der Waals surface area contributed by atoms with Crippen LogP contribution in [0.4, 0.5) is 0 Å². The van der Waals surface area contributed by atoms with E-state index in [1.54, 1.807) is 12.1 Å². The third kappa shape index (κ3) is 7.45. The lowest BCUT2D eigenvalue weighted by molar-refractivity contribution is -0.137. The molecule has 1 aromatic rings. The second-order valence-electron chi connectivity index (χ2n) is 4.45. The lowest BCUT2D eigenvalue weighted by atomic mass is 10.1. The Morgan fingerprint density at radius 2 is 1.95 bits per heavy atom. The first-order chi connectivity index (χ1) is 9.99. The fourth-order valence-electron chi connectivity index (χ4n) is 1.60. The molecule has 0 aliphatic rings. The second-order valence-corrected chi connectivity index (χ2v) is 5.37. The van der Waals surface area contributed by atoms with Crippen LogP contribution in [0.3, 0.4) is 0 Å². The van der Waals surface area contributed by atoms with Gasteiger partial charge < -0.3 is 10.2 Å². The topological polar surface area (TPSA) is 99.0 Å². The number of phenolic OH excluding ortho intramolecular Hbond substituents is 1. The number of aliphatic carboxylic acids is 1. The standard InChI is InChI=1S/C14H17BrN2O4/c15-11-6-7-12(18)10(8-11)9-16-17-13(19)4-2-1-3-5-14(20)21/h6-9,18H,1-5H2,(H,17,19)(H,20,21)/b16-9+. The number of nitrogens with one attached hydrogen (secondary N) is 1. The van der Waals surface area contributed by atoms with E-state index in [1.807, 2.05) is 0 Å². The van der Waals surface area contributed by atoms with Crippen LogP contribution in [-0.2, 0) is 9.59 Å². The quantitative estimate of drug-likeness (QED) is 0.378. The van der Waals surface area contributed by atoms with E-state index in [2.05, 4.69) is 26.5 Å². The van der Waals surface area contributed by atoms with E-state index in [9.17, 15) is 14.7 Å². The Hall–Kier alpha value is -1.89. The van der Waals surface area contributed by atoms with Crippen molar-refractivity contribution in [2.75, 3.05) is 0 Å². The number of rotatable bonds is 8. The molecule has 0 aliphatic heterocycles. The number of benzene rings is 1. The van der Waals surface area contributed by atoms with Crippen molar-refractivity contribution < 1.29 is 19.8 Å². The van der Waals surface area contributed by atoms with Gasteiger partial charge >= 0.3 is 5.97 Å². The molecular weight excluding hydrogens is 340 g/mol. The maximum atomic E-state index is 11.5. The van der Waals surface area contributed by atoms with E-state index in [-0.39, 0.29) is 18.1 Å². The van der Waals surface area contributed by atoms with Gasteiger partial charge in [0.15, 0.2) is 0 Å². The summed E-state index contributed by atoms with van der Waals surface area (Å²) < 4.78 is 0.798. The first-order valence-corrected chi connectivity index (χ1v) is 7.30. The minimum absolute atomic E-state index is 0.0740. The lowest BCUT2D eigenvalue weighted by Crippen LogP contribution is -2.16. The average Bonchev–Trinajstić information content (AvgIpc) is 2.42. The zero-order valence-corrected chi connectivity index (χ0v) is 13.0. The minimum Gasteiger partial charge on any atom is -0.507 e. The van der Waals surface area contributed by atoms with Crippen LogP contribution in [0.2, 0.25) is 0 Å². The van der Waals surface area contributed by atoms with Crippen molar-refractivity contribution in [2.24, 2.45) is 5.10 Å². The van der Waals surface area contributed by atoms with Crippen molar-refractivity contribution in [3.63, 3.8) is 0 Å². The maximum absolute atomic E-state index is 11.5. The van der Waals surface area contributed by atoms with Crippen molar-refractivity contribution in [3.8, 4) is 5.75 Å². The Labute approximate surface area is 131 Å². The van der Waals surface area contributed by atoms with Gasteiger partial charge in [-0.05, 0) is 31.0 Å². The SMILES string of the molecule is O=C(O)CCCCCC(=O)N/N=C/c1cc(Br)ccc1O. The molecule has 114 valence electrons. The van der Waals surface area contributed by atoms with E-state index in [0.717, 1.165) is 4.47 Å². The van der Waals surface area contributed by atoms with Crippen molar-refractivity contribution in [1.29, 1.82) is 0 Å². The predicted molar refractivity (Wildman–Crippen MR) is 82.3 cm³/mol. The molecule has 21 heavy (non-hydrogen) atoms. The molecule has 0 radical (unpaired) electrons. The highest BCUT2D eigenvalue weighted by Gasteiger charge is 2.02. The summed E-state index contributed by atoms with van der Waals surface area (Å²) in [4.78, 5) is 21.8. The minimum atomic E-state index is -0.821. The summed E-state index contributed by atoms with van der Waals surface area (Å²) in [6.07, 6.45) is 3.66. The molecule has 0 fully saturated rings. The molecule has 0 saturated carbocycles. The molecule has 0 atom stereocenters. The fraction of sp³-hybridized carbons (Fsp3) is 0.357. The van der Waals surface area contributed by atoms with Crippen LogP contribution in [0.1, 0.15) is 37.7 Å². The Bertz CT molecular complexity index is 532. The number of amides is 1. The van der Waals surface area contributed by atoms with Crippen LogP contribution in [0.15, 0.2) is 27.8 Å². The zero-order chi connectivity index (χ0) is 15.7. The van der Waals surface area contributed by atoms with E-state index in [4.69, 9.17) is 5.11 Å². The molecule has 0 spiro atoms. The Balaban J connectivity index is 2.27. The van der Waals surface area contributed by atoms with Crippen LogP contribution in [0, 0.1) is 0 Å². The zero-order valence-electron chi connectivity index (χ0n) is 11.4. The third-order valence-corrected chi connectivity index (χ3v) is 3.17. The summed E-state index contributed by atoms with van der Waals surface area (Å²) >= 11 is 3.27. The van der Waals surface area contributed by atoms with E-state index < -0.39 is 5.97 Å². The molecule has 1 rings (SSSR count). The van der Waals surface area contributed by atoms with Crippen LogP contribution in [0.25, 0.3) is 0 Å². The average molecular weight is 357 g/mol. The van der Waals surface area contributed by atoms with Gasteiger partial charge in [0, 0.05) is 22.9 Å². The van der Waals surface area contributed by atoms with Crippen LogP contribution < -0.4 is 5.43 Å². The molecule has 0 aliphatic carbocycles. The van der Waals surface area contributed by atoms with Crippen LogP contribution in [-0.4, -0.2) is 28.3 Å². The second kappa shape index (κ2) is 9.12. The summed E-state index contributed by atoms with van der Waals surface area (Å²) in [7, 11) is 0. The molecule has 7 heteroatoms. The Morgan fingerprint density at radius 1 is 1.24 bits per heavy atom. The molecule has 0 heterocycles. The Morgan fingerprint density at radius 3 is 2.67 bits per heavy atom. The van der Waals surface area contributed by atoms with Gasteiger partial charge in [0.05, 0.1) is 6.21 Å². The fourth-order valence-corrected chi connectivity index (χ4v) is 1.98. The number of carbonyl (C=O) groups excluding carboxylic acids is 1. The summed E-state index contributed by atoms with van der Waals surface area (Å²) in [5.41, 5.74) is 2.86. The van der Waals surface area contributed by atoms with Crippen LogP contribution in [0.5, 0.6) is 5.75 Å². The molecule has 0 unspecified atom stereocenters. The maximum Gasteiger partial charge on any atom is 0.303 e. The number of hydrogen-bond donors (Lipinski definition) is 3. The van der Waals surface area contributed by atoms with Gasteiger partial charge in [-0.15, -0.1) is 0 Å². The summed E-state index contributed by atoms with van der Waals surface area (Å²) in [6, 6.07) is 4.90. The monoisotopic (exact) mass is 356 g/mol. The van der Waals surface area contributed by atoms with Crippen molar-refractivity contribution in [3.05, 3.63) is 28.2 Å². The number of unbranched alkanes of at least 4 members (excludes halogenated alkanes) is 2. The lowest BCUT2D eigenvalue weighted by Gasteiger charge is -2.01. The van der Waals surface area contributed by atoms with Crippen molar-refractivity contribution in [2.45, 2.75) is 32.1 Å². The van der Waals surface area contributed by atoms with Crippen LogP contribution >= 0.6 is 15.9 Å². The molecule has 6 nitrogen and oxygen atoms in total. The summed E-state index contributed by atoms with van der Waals surface area (Å²) in [6.45, 7) is 0. The number of carboxylic acid groups (broad SMARTS) is 1. The van der Waals surface area contributed by atoms with Gasteiger partial charge in [-0.1, -0.05) is 22.4 Å². The molecule has 0 saturated heterocycles. The van der Waals surface area contributed by atoms with E-state index in [1.165, 1.54) is 12.3 Å². The number of carbonyl (C=O) groups is 2. The number of nitrogens with zero attached hydrogens (tertiary/aromatic N) is 1. The van der Waals surface area contributed by atoms with Gasteiger partial charge in [-0.3, -0.25) is 9.59 Å². The highest BCUT2D eigenvalue weighted by Crippen LogP contribution is 2.19.